The number of fused-ring (bicyclic) bond motifs is 3. The minimum Gasteiger partial charge on any atom is -0.463 e. The number of hydrogen-bond acceptors (Lipinski definition) is 4. The maximum absolute atomic E-state index is 13.5. The maximum atomic E-state index is 13.5. The van der Waals surface area contributed by atoms with Gasteiger partial charge in [-0.15, -0.1) is 0 Å². The quantitative estimate of drug-likeness (QED) is 0.649. The molecule has 3 aromatic rings. The van der Waals surface area contributed by atoms with Crippen molar-refractivity contribution in [3.63, 3.8) is 0 Å². The topological polar surface area (TPSA) is 81.5 Å². The number of amides is 1. The smallest absolute Gasteiger partial charge is 0.291 e. The van der Waals surface area contributed by atoms with Crippen molar-refractivity contribution in [2.45, 2.75) is 77.8 Å². The van der Waals surface area contributed by atoms with Gasteiger partial charge in [0.1, 0.15) is 17.4 Å². The zero-order chi connectivity index (χ0) is 22.2. The predicted molar refractivity (Wildman–Crippen MR) is 121 cm³/mol. The van der Waals surface area contributed by atoms with Gasteiger partial charge in [-0.3, -0.25) is 14.0 Å². The van der Waals surface area contributed by atoms with Crippen LogP contribution in [0.4, 0.5) is 0 Å². The first kappa shape index (κ1) is 20.1. The monoisotopic (exact) mass is 436 g/mol. The Hall–Kier alpha value is -2.57. The Balaban J connectivity index is 1.30. The van der Waals surface area contributed by atoms with Crippen LogP contribution in [0.25, 0.3) is 16.6 Å². The van der Waals surface area contributed by atoms with E-state index in [1.807, 2.05) is 19.9 Å². The lowest BCUT2D eigenvalue weighted by molar-refractivity contribution is -0.129. The summed E-state index contributed by atoms with van der Waals surface area (Å²) in [6.45, 7) is 5.99. The molecule has 1 amide bonds. The maximum Gasteiger partial charge on any atom is 0.291 e. The second-order valence-corrected chi connectivity index (χ2v) is 10.8. The molecule has 2 atom stereocenters. The normalized spacial score (nSPS) is 30.8. The molecule has 0 radical (unpaired) electrons. The summed E-state index contributed by atoms with van der Waals surface area (Å²) in [5.41, 5.74) is 1.94. The average molecular weight is 437 g/mol. The van der Waals surface area contributed by atoms with Crippen LogP contribution in [0.1, 0.15) is 70.7 Å². The second-order valence-electron chi connectivity index (χ2n) is 10.8. The van der Waals surface area contributed by atoms with Gasteiger partial charge in [0.05, 0.1) is 11.8 Å². The van der Waals surface area contributed by atoms with E-state index in [1.54, 1.807) is 16.7 Å². The molecule has 7 rings (SSSR count). The molecule has 0 spiro atoms. The number of furan rings is 1. The van der Waals surface area contributed by atoms with Gasteiger partial charge in [-0.2, -0.15) is 5.10 Å². The molecule has 4 bridgehead atoms. The molecular formula is C25H32N4O3. The molecule has 7 nitrogen and oxygen atoms in total. The summed E-state index contributed by atoms with van der Waals surface area (Å²) >= 11 is 0. The second kappa shape index (κ2) is 6.96. The van der Waals surface area contributed by atoms with Gasteiger partial charge in [0.15, 0.2) is 5.58 Å². The van der Waals surface area contributed by atoms with Crippen LogP contribution in [-0.2, 0) is 4.79 Å². The first-order valence-corrected chi connectivity index (χ1v) is 12.2. The summed E-state index contributed by atoms with van der Waals surface area (Å²) < 4.78 is 8.67. The highest BCUT2D eigenvalue weighted by molar-refractivity contribution is 5.83. The Kier molecular flexibility index (Phi) is 4.37. The Labute approximate surface area is 187 Å². The summed E-state index contributed by atoms with van der Waals surface area (Å²) in [5.74, 6) is 3.08. The van der Waals surface area contributed by atoms with E-state index in [4.69, 9.17) is 4.42 Å². The molecule has 0 aliphatic heterocycles. The molecule has 4 aliphatic carbocycles. The predicted octanol–water partition coefficient (Wildman–Crippen LogP) is 4.22. The molecule has 4 aliphatic rings. The number of aryl methyl sites for hydroxylation is 1. The van der Waals surface area contributed by atoms with Crippen LogP contribution >= 0.6 is 0 Å². The van der Waals surface area contributed by atoms with E-state index >= 15 is 0 Å². The van der Waals surface area contributed by atoms with Crippen LogP contribution in [0.5, 0.6) is 0 Å². The van der Waals surface area contributed by atoms with Crippen LogP contribution in [0.15, 0.2) is 27.6 Å². The molecule has 3 heterocycles. The highest BCUT2D eigenvalue weighted by Gasteiger charge is 2.53. The van der Waals surface area contributed by atoms with Crippen LogP contribution in [0.2, 0.25) is 0 Å². The molecule has 3 aromatic heterocycles. The Morgan fingerprint density at radius 1 is 1.22 bits per heavy atom. The standard InChI is InChI=1S/C25H32N4O3/c1-4-19(29-24(31)21-10-22-20(5-6-32-22)28(21)15(3)27-29)23(30)26-14(2)25-11-16-7-17(12-25)9-18(8-16)13-25/h5-6,10,14,16-19H,4,7-9,11-13H2,1-3H3,(H,26,30)/t14-,16?,17?,18?,19+,25?/m0/s1. The van der Waals surface area contributed by atoms with Crippen molar-refractivity contribution < 1.29 is 9.21 Å². The Bertz CT molecular complexity index is 1230. The highest BCUT2D eigenvalue weighted by atomic mass is 16.3. The van der Waals surface area contributed by atoms with Gasteiger partial charge in [0, 0.05) is 18.2 Å². The number of carbonyl (C=O) groups is 1. The van der Waals surface area contributed by atoms with E-state index in [-0.39, 0.29) is 22.9 Å². The molecule has 7 heteroatoms. The lowest BCUT2D eigenvalue weighted by Crippen LogP contribution is -2.56. The van der Waals surface area contributed by atoms with E-state index in [2.05, 4.69) is 17.3 Å². The minimum atomic E-state index is -0.622. The zero-order valence-corrected chi connectivity index (χ0v) is 19.1. The van der Waals surface area contributed by atoms with Gasteiger partial charge in [-0.25, -0.2) is 4.68 Å². The molecule has 0 aromatic carbocycles. The SMILES string of the molecule is CC[C@H](C(=O)N[C@@H](C)C12CC3CC(CC(C3)C1)C2)n1nc(C)n2c(cc3occc32)c1=O. The third-order valence-corrected chi connectivity index (χ3v) is 8.77. The van der Waals surface area contributed by atoms with Crippen LogP contribution in [-0.4, -0.2) is 26.1 Å². The van der Waals surface area contributed by atoms with Crippen molar-refractivity contribution in [3.05, 3.63) is 34.6 Å². The number of carbonyl (C=O) groups excluding carboxylic acids is 1. The molecule has 4 fully saturated rings. The fourth-order valence-electron chi connectivity index (χ4n) is 7.65. The lowest BCUT2D eigenvalue weighted by atomic mass is 9.48. The summed E-state index contributed by atoms with van der Waals surface area (Å²) in [6, 6.07) is 3.07. The van der Waals surface area contributed by atoms with E-state index in [0.29, 0.717) is 23.3 Å². The van der Waals surface area contributed by atoms with Crippen LogP contribution < -0.4 is 10.9 Å². The number of nitrogens with zero attached hydrogens (tertiary/aromatic N) is 3. The third-order valence-electron chi connectivity index (χ3n) is 8.77. The van der Waals surface area contributed by atoms with Gasteiger partial charge in [0.25, 0.3) is 5.56 Å². The largest absolute Gasteiger partial charge is 0.463 e. The van der Waals surface area contributed by atoms with E-state index < -0.39 is 6.04 Å². The van der Waals surface area contributed by atoms with Crippen molar-refractivity contribution in [3.8, 4) is 0 Å². The molecule has 4 saturated carbocycles. The summed E-state index contributed by atoms with van der Waals surface area (Å²) in [5, 5.41) is 7.90. The van der Waals surface area contributed by atoms with Gasteiger partial charge in [-0.05, 0) is 82.0 Å². The van der Waals surface area contributed by atoms with Crippen molar-refractivity contribution in [2.24, 2.45) is 23.2 Å². The summed E-state index contributed by atoms with van der Waals surface area (Å²) in [4.78, 5) is 26.8. The summed E-state index contributed by atoms with van der Waals surface area (Å²) in [7, 11) is 0. The fourth-order valence-corrected chi connectivity index (χ4v) is 7.65. The first-order chi connectivity index (χ1) is 15.4. The van der Waals surface area contributed by atoms with Crippen LogP contribution in [0, 0.1) is 30.1 Å². The number of nitrogens with one attached hydrogen (secondary N) is 1. The number of aromatic nitrogens is 3. The molecule has 32 heavy (non-hydrogen) atoms. The van der Waals surface area contributed by atoms with Gasteiger partial charge >= 0.3 is 0 Å². The van der Waals surface area contributed by atoms with Crippen molar-refractivity contribution in [1.82, 2.24) is 19.5 Å². The number of hydrogen-bond donors (Lipinski definition) is 1. The average Bonchev–Trinajstić information content (AvgIpc) is 3.32. The number of rotatable bonds is 5. The highest BCUT2D eigenvalue weighted by Crippen LogP contribution is 2.61. The van der Waals surface area contributed by atoms with E-state index in [9.17, 15) is 9.59 Å². The van der Waals surface area contributed by atoms with Crippen molar-refractivity contribution in [2.75, 3.05) is 0 Å². The van der Waals surface area contributed by atoms with Crippen molar-refractivity contribution in [1.29, 1.82) is 0 Å². The molecule has 170 valence electrons. The Morgan fingerprint density at radius 2 is 1.88 bits per heavy atom. The first-order valence-electron chi connectivity index (χ1n) is 12.2. The lowest BCUT2D eigenvalue weighted by Gasteiger charge is -2.59. The van der Waals surface area contributed by atoms with Gasteiger partial charge < -0.3 is 9.73 Å². The molecule has 1 N–H and O–H groups in total. The van der Waals surface area contributed by atoms with Crippen LogP contribution in [0.3, 0.4) is 0 Å². The Morgan fingerprint density at radius 3 is 2.50 bits per heavy atom. The van der Waals surface area contributed by atoms with Gasteiger partial charge in [0.2, 0.25) is 5.91 Å². The third kappa shape index (κ3) is 2.82. The van der Waals surface area contributed by atoms with Crippen molar-refractivity contribution >= 4 is 22.5 Å². The minimum absolute atomic E-state index is 0.0932. The molecule has 0 unspecified atom stereocenters. The van der Waals surface area contributed by atoms with E-state index in [1.165, 1.54) is 43.2 Å². The zero-order valence-electron chi connectivity index (χ0n) is 19.1. The molecule has 0 saturated heterocycles. The summed E-state index contributed by atoms with van der Waals surface area (Å²) in [6.07, 6.45) is 10.00. The molecular weight excluding hydrogens is 404 g/mol. The van der Waals surface area contributed by atoms with E-state index in [0.717, 1.165) is 23.3 Å². The fraction of sp³-hybridized carbons (Fsp3) is 0.640. The van der Waals surface area contributed by atoms with Gasteiger partial charge in [-0.1, -0.05) is 6.92 Å².